The van der Waals surface area contributed by atoms with E-state index in [0.29, 0.717) is 18.8 Å². The molecule has 1 aliphatic rings. The molecular formula is C9H18O3S. The Kier molecular flexibility index (Phi) is 3.74. The topological polar surface area (TPSA) is 43.4 Å². The van der Waals surface area contributed by atoms with Gasteiger partial charge in [-0.3, -0.25) is 0 Å². The summed E-state index contributed by atoms with van der Waals surface area (Å²) in [7, 11) is -2.77. The molecule has 0 aromatic heterocycles. The van der Waals surface area contributed by atoms with E-state index < -0.39 is 9.84 Å². The van der Waals surface area contributed by atoms with Gasteiger partial charge in [-0.15, -0.1) is 0 Å². The van der Waals surface area contributed by atoms with E-state index >= 15 is 0 Å². The normalized spacial score (nSPS) is 26.8. The van der Waals surface area contributed by atoms with Crippen LogP contribution in [-0.2, 0) is 14.6 Å². The number of rotatable bonds is 4. The molecular weight excluding hydrogens is 188 g/mol. The molecule has 0 spiro atoms. The van der Waals surface area contributed by atoms with Crippen molar-refractivity contribution < 1.29 is 13.2 Å². The first-order valence-electron chi connectivity index (χ1n) is 4.85. The second-order valence-electron chi connectivity index (χ2n) is 3.84. The van der Waals surface area contributed by atoms with Gasteiger partial charge >= 0.3 is 0 Å². The Balaban J connectivity index is 2.29. The van der Waals surface area contributed by atoms with Crippen LogP contribution < -0.4 is 0 Å². The Morgan fingerprint density at radius 2 is 2.15 bits per heavy atom. The Morgan fingerprint density at radius 3 is 2.62 bits per heavy atom. The molecule has 1 heterocycles. The third kappa shape index (κ3) is 3.27. The van der Waals surface area contributed by atoms with Crippen LogP contribution in [0.4, 0.5) is 0 Å². The van der Waals surface area contributed by atoms with Gasteiger partial charge in [-0.05, 0) is 33.1 Å². The molecule has 1 fully saturated rings. The van der Waals surface area contributed by atoms with E-state index in [9.17, 15) is 8.42 Å². The van der Waals surface area contributed by atoms with Gasteiger partial charge < -0.3 is 4.74 Å². The summed E-state index contributed by atoms with van der Waals surface area (Å²) in [6.07, 6.45) is 2.52. The van der Waals surface area contributed by atoms with E-state index in [1.165, 1.54) is 0 Å². The monoisotopic (exact) mass is 206 g/mol. The summed E-state index contributed by atoms with van der Waals surface area (Å²) < 4.78 is 28.1. The fourth-order valence-electron chi connectivity index (χ4n) is 1.62. The SMILES string of the molecule is CC(C)OCCC1CCCS1(=O)=O. The van der Waals surface area contributed by atoms with E-state index in [2.05, 4.69) is 0 Å². The second kappa shape index (κ2) is 4.42. The predicted molar refractivity (Wildman–Crippen MR) is 52.5 cm³/mol. The Labute approximate surface area is 80.4 Å². The molecule has 4 heteroatoms. The van der Waals surface area contributed by atoms with Gasteiger partial charge in [-0.1, -0.05) is 0 Å². The summed E-state index contributed by atoms with van der Waals surface area (Å²) in [6, 6.07) is 0. The van der Waals surface area contributed by atoms with Gasteiger partial charge in [0.15, 0.2) is 9.84 Å². The number of hydrogen-bond donors (Lipinski definition) is 0. The molecule has 1 rings (SSSR count). The first-order valence-corrected chi connectivity index (χ1v) is 6.57. The summed E-state index contributed by atoms with van der Waals surface area (Å²) in [4.78, 5) is 0. The fourth-order valence-corrected chi connectivity index (χ4v) is 3.50. The molecule has 0 saturated carbocycles. The molecule has 13 heavy (non-hydrogen) atoms. The molecule has 0 amide bonds. The van der Waals surface area contributed by atoms with Crippen molar-refractivity contribution >= 4 is 9.84 Å². The van der Waals surface area contributed by atoms with Gasteiger partial charge in [-0.2, -0.15) is 0 Å². The van der Waals surface area contributed by atoms with E-state index in [-0.39, 0.29) is 11.4 Å². The van der Waals surface area contributed by atoms with Crippen molar-refractivity contribution in [1.29, 1.82) is 0 Å². The van der Waals surface area contributed by atoms with Gasteiger partial charge in [0.2, 0.25) is 0 Å². The van der Waals surface area contributed by atoms with Crippen molar-refractivity contribution in [1.82, 2.24) is 0 Å². The van der Waals surface area contributed by atoms with Crippen molar-refractivity contribution in [2.75, 3.05) is 12.4 Å². The largest absolute Gasteiger partial charge is 0.379 e. The standard InChI is InChI=1S/C9H18O3S/c1-8(2)12-6-5-9-4-3-7-13(9,10)11/h8-9H,3-7H2,1-2H3. The maximum absolute atomic E-state index is 11.4. The van der Waals surface area contributed by atoms with E-state index in [0.717, 1.165) is 12.8 Å². The molecule has 3 nitrogen and oxygen atoms in total. The van der Waals surface area contributed by atoms with Crippen LogP contribution in [0.25, 0.3) is 0 Å². The average molecular weight is 206 g/mol. The highest BCUT2D eigenvalue weighted by molar-refractivity contribution is 7.92. The first kappa shape index (κ1) is 11.0. The lowest BCUT2D eigenvalue weighted by Crippen LogP contribution is -2.19. The van der Waals surface area contributed by atoms with Gasteiger partial charge in [0.25, 0.3) is 0 Å². The summed E-state index contributed by atoms with van der Waals surface area (Å²) in [5.74, 6) is 0.374. The third-order valence-electron chi connectivity index (χ3n) is 2.35. The van der Waals surface area contributed by atoms with E-state index in [1.807, 2.05) is 13.8 Å². The minimum absolute atomic E-state index is 0.133. The molecule has 1 atom stereocenters. The molecule has 0 bridgehead atoms. The average Bonchev–Trinajstić information content (AvgIpc) is 2.30. The highest BCUT2D eigenvalue weighted by Crippen LogP contribution is 2.22. The van der Waals surface area contributed by atoms with E-state index in [4.69, 9.17) is 4.74 Å². The zero-order valence-corrected chi connectivity index (χ0v) is 9.14. The Morgan fingerprint density at radius 1 is 1.46 bits per heavy atom. The van der Waals surface area contributed by atoms with Crippen molar-refractivity contribution in [2.24, 2.45) is 0 Å². The lowest BCUT2D eigenvalue weighted by Gasteiger charge is -2.11. The molecule has 1 unspecified atom stereocenters. The highest BCUT2D eigenvalue weighted by atomic mass is 32.2. The molecule has 0 aromatic rings. The molecule has 78 valence electrons. The second-order valence-corrected chi connectivity index (χ2v) is 6.24. The van der Waals surface area contributed by atoms with Crippen LogP contribution in [-0.4, -0.2) is 32.1 Å². The van der Waals surface area contributed by atoms with Crippen LogP contribution in [0.15, 0.2) is 0 Å². The van der Waals surface area contributed by atoms with Gasteiger partial charge in [0.05, 0.1) is 17.1 Å². The molecule has 0 aliphatic carbocycles. The Bertz CT molecular complexity index is 244. The van der Waals surface area contributed by atoms with Gasteiger partial charge in [0, 0.05) is 6.61 Å². The van der Waals surface area contributed by atoms with Crippen molar-refractivity contribution in [3.05, 3.63) is 0 Å². The number of ether oxygens (including phenoxy) is 1. The molecule has 0 aromatic carbocycles. The lowest BCUT2D eigenvalue weighted by molar-refractivity contribution is 0.0764. The third-order valence-corrected chi connectivity index (χ3v) is 4.70. The summed E-state index contributed by atoms with van der Waals surface area (Å²) in [5, 5.41) is -0.133. The van der Waals surface area contributed by atoms with Crippen LogP contribution in [0.2, 0.25) is 0 Å². The van der Waals surface area contributed by atoms with Crippen LogP contribution in [0.5, 0.6) is 0 Å². The minimum Gasteiger partial charge on any atom is -0.379 e. The summed E-state index contributed by atoms with van der Waals surface area (Å²) in [5.41, 5.74) is 0. The van der Waals surface area contributed by atoms with Crippen LogP contribution in [0.3, 0.4) is 0 Å². The quantitative estimate of drug-likeness (QED) is 0.698. The van der Waals surface area contributed by atoms with Crippen molar-refractivity contribution in [2.45, 2.75) is 44.5 Å². The maximum Gasteiger partial charge on any atom is 0.153 e. The molecule has 1 saturated heterocycles. The zero-order valence-electron chi connectivity index (χ0n) is 8.32. The number of hydrogen-bond acceptors (Lipinski definition) is 3. The minimum atomic E-state index is -2.77. The van der Waals surface area contributed by atoms with Gasteiger partial charge in [-0.25, -0.2) is 8.42 Å². The van der Waals surface area contributed by atoms with Crippen LogP contribution in [0, 0.1) is 0 Å². The molecule has 0 N–H and O–H groups in total. The lowest BCUT2D eigenvalue weighted by atomic mass is 10.2. The van der Waals surface area contributed by atoms with Crippen molar-refractivity contribution in [3.63, 3.8) is 0 Å². The smallest absolute Gasteiger partial charge is 0.153 e. The Hall–Kier alpha value is -0.0900. The zero-order chi connectivity index (χ0) is 9.90. The molecule has 1 aliphatic heterocycles. The van der Waals surface area contributed by atoms with Gasteiger partial charge in [0.1, 0.15) is 0 Å². The van der Waals surface area contributed by atoms with Crippen LogP contribution in [0.1, 0.15) is 33.1 Å². The highest BCUT2D eigenvalue weighted by Gasteiger charge is 2.30. The summed E-state index contributed by atoms with van der Waals surface area (Å²) in [6.45, 7) is 4.49. The number of sulfone groups is 1. The summed E-state index contributed by atoms with van der Waals surface area (Å²) >= 11 is 0. The maximum atomic E-state index is 11.4. The fraction of sp³-hybridized carbons (Fsp3) is 1.00. The predicted octanol–water partition coefficient (Wildman–Crippen LogP) is 1.38. The first-order chi connectivity index (χ1) is 6.02. The van der Waals surface area contributed by atoms with E-state index in [1.54, 1.807) is 0 Å². The molecule has 0 radical (unpaired) electrons. The van der Waals surface area contributed by atoms with Crippen LogP contribution >= 0.6 is 0 Å². The van der Waals surface area contributed by atoms with Crippen molar-refractivity contribution in [3.8, 4) is 0 Å².